The molecular formula is C26H42O4. The molecule has 3 rings (SSSR count). The summed E-state index contributed by atoms with van der Waals surface area (Å²) >= 11 is 0. The maximum Gasteiger partial charge on any atom is 0.0811 e. The molecule has 0 aliphatic heterocycles. The molecule has 3 aliphatic rings. The molecule has 4 heteroatoms. The van der Waals surface area contributed by atoms with Crippen LogP contribution in [-0.2, 0) is 4.74 Å². The van der Waals surface area contributed by atoms with E-state index in [2.05, 4.69) is 32.6 Å². The molecule has 6 atom stereocenters. The summed E-state index contributed by atoms with van der Waals surface area (Å²) in [5, 5.41) is 30.1. The number of fused-ring (bicyclic) bond motifs is 1. The lowest BCUT2D eigenvalue weighted by atomic mass is 9.62. The first-order chi connectivity index (χ1) is 14.0. The maximum atomic E-state index is 10.1. The summed E-state index contributed by atoms with van der Waals surface area (Å²) in [6, 6.07) is 0. The van der Waals surface area contributed by atoms with Gasteiger partial charge in [0, 0.05) is 13.0 Å². The number of hydrogen-bond donors (Lipinski definition) is 3. The van der Waals surface area contributed by atoms with Gasteiger partial charge in [-0.1, -0.05) is 31.2 Å². The third kappa shape index (κ3) is 5.27. The minimum atomic E-state index is -0.680. The van der Waals surface area contributed by atoms with E-state index in [-0.39, 0.29) is 11.5 Å². The van der Waals surface area contributed by atoms with Gasteiger partial charge in [-0.3, -0.25) is 0 Å². The van der Waals surface area contributed by atoms with Crippen molar-refractivity contribution in [2.24, 2.45) is 17.3 Å². The highest BCUT2D eigenvalue weighted by Crippen LogP contribution is 2.58. The highest BCUT2D eigenvalue weighted by Gasteiger charge is 2.51. The van der Waals surface area contributed by atoms with E-state index in [9.17, 15) is 15.3 Å². The first-order valence-electron chi connectivity index (χ1n) is 11.8. The first-order valence-corrected chi connectivity index (χ1v) is 11.8. The molecule has 0 amide bonds. The topological polar surface area (TPSA) is 69.9 Å². The lowest BCUT2D eigenvalue weighted by molar-refractivity contribution is -0.0454. The van der Waals surface area contributed by atoms with Gasteiger partial charge in [-0.05, 0) is 94.1 Å². The van der Waals surface area contributed by atoms with Gasteiger partial charge in [0.25, 0.3) is 0 Å². The Labute approximate surface area is 182 Å². The molecule has 3 N–H and O–H groups in total. The molecule has 170 valence electrons. The van der Waals surface area contributed by atoms with E-state index in [0.717, 1.165) is 17.6 Å². The van der Waals surface area contributed by atoms with Gasteiger partial charge >= 0.3 is 0 Å². The third-order valence-corrected chi connectivity index (χ3v) is 7.96. The minimum Gasteiger partial charge on any atom is -0.393 e. The van der Waals surface area contributed by atoms with Crippen LogP contribution in [0.1, 0.15) is 79.1 Å². The molecule has 3 saturated carbocycles. The second-order valence-electron chi connectivity index (χ2n) is 10.8. The Morgan fingerprint density at radius 2 is 2.00 bits per heavy atom. The van der Waals surface area contributed by atoms with Crippen LogP contribution in [0.4, 0.5) is 0 Å². The van der Waals surface area contributed by atoms with Gasteiger partial charge in [-0.15, -0.1) is 0 Å². The molecule has 0 radical (unpaired) electrons. The Morgan fingerprint density at radius 3 is 2.70 bits per heavy atom. The molecule has 0 aromatic heterocycles. The van der Waals surface area contributed by atoms with Crippen molar-refractivity contribution in [3.8, 4) is 0 Å². The molecule has 3 fully saturated rings. The number of aliphatic hydroxyl groups is 3. The van der Waals surface area contributed by atoms with E-state index >= 15 is 0 Å². The molecule has 30 heavy (non-hydrogen) atoms. The lowest BCUT2D eigenvalue weighted by Gasteiger charge is -2.44. The summed E-state index contributed by atoms with van der Waals surface area (Å²) in [5.41, 5.74) is 2.82. The zero-order chi connectivity index (χ0) is 22.1. The van der Waals surface area contributed by atoms with Crippen LogP contribution in [0.25, 0.3) is 0 Å². The van der Waals surface area contributed by atoms with Gasteiger partial charge in [-0.25, -0.2) is 0 Å². The van der Waals surface area contributed by atoms with Crippen LogP contribution in [0.3, 0.4) is 0 Å². The number of hydrogen-bond acceptors (Lipinski definition) is 4. The van der Waals surface area contributed by atoms with Crippen LogP contribution in [0, 0.1) is 17.3 Å². The van der Waals surface area contributed by atoms with Crippen molar-refractivity contribution in [1.29, 1.82) is 0 Å². The van der Waals surface area contributed by atoms with E-state index in [1.165, 1.54) is 31.3 Å². The fourth-order valence-corrected chi connectivity index (χ4v) is 6.13. The predicted molar refractivity (Wildman–Crippen MR) is 121 cm³/mol. The van der Waals surface area contributed by atoms with Crippen molar-refractivity contribution in [2.75, 3.05) is 6.61 Å². The van der Waals surface area contributed by atoms with Crippen LogP contribution < -0.4 is 0 Å². The van der Waals surface area contributed by atoms with Gasteiger partial charge in [0.05, 0.1) is 23.9 Å². The average Bonchev–Trinajstić information content (AvgIpc) is 3.00. The number of rotatable bonds is 6. The molecule has 3 aliphatic carbocycles. The Balaban J connectivity index is 1.70. The summed E-state index contributed by atoms with van der Waals surface area (Å²) in [5.74, 6) is 1.11. The zero-order valence-electron chi connectivity index (χ0n) is 19.4. The van der Waals surface area contributed by atoms with E-state index in [1.807, 2.05) is 13.8 Å². The minimum absolute atomic E-state index is 0.198. The van der Waals surface area contributed by atoms with E-state index in [1.54, 1.807) is 0 Å². The zero-order valence-corrected chi connectivity index (χ0v) is 19.4. The normalized spacial score (nSPS) is 38.8. The van der Waals surface area contributed by atoms with E-state index in [0.29, 0.717) is 37.7 Å². The Morgan fingerprint density at radius 1 is 1.27 bits per heavy atom. The fourth-order valence-electron chi connectivity index (χ4n) is 6.13. The molecule has 0 bridgehead atoms. The van der Waals surface area contributed by atoms with Crippen molar-refractivity contribution in [3.05, 3.63) is 35.5 Å². The van der Waals surface area contributed by atoms with E-state index in [4.69, 9.17) is 4.74 Å². The molecular weight excluding hydrogens is 376 g/mol. The summed E-state index contributed by atoms with van der Waals surface area (Å²) in [6.45, 7) is 13.0. The standard InChI is InChI=1S/C26H42O4/c1-17-20(15-21(27)16-24(17)28)9-8-19-7-6-12-26(5)22(10-11-23(19)26)18(2)30-14-13-25(3,4)29/h8-9,18,21-24,27-29H,1,6-7,10-16H2,2-5H3/b19-8+,20-9-. The highest BCUT2D eigenvalue weighted by atomic mass is 16.5. The Hall–Kier alpha value is -0.940. The quantitative estimate of drug-likeness (QED) is 0.585. The van der Waals surface area contributed by atoms with Crippen molar-refractivity contribution in [2.45, 2.75) is 103 Å². The fraction of sp³-hybridized carbons (Fsp3) is 0.769. The predicted octanol–water partition coefficient (Wildman–Crippen LogP) is 4.69. The van der Waals surface area contributed by atoms with Gasteiger partial charge in [0.1, 0.15) is 0 Å². The van der Waals surface area contributed by atoms with Crippen LogP contribution >= 0.6 is 0 Å². The average molecular weight is 419 g/mol. The SMILES string of the molecule is C=C1/C(=C\C=C2/CCCC3(C)C2CCC3C(C)OCCC(C)(C)O)CC(O)CC1O. The number of allylic oxidation sites excluding steroid dienone is 3. The lowest BCUT2D eigenvalue weighted by Crippen LogP contribution is -2.39. The number of ether oxygens (including phenoxy) is 1. The maximum absolute atomic E-state index is 10.1. The van der Waals surface area contributed by atoms with Crippen molar-refractivity contribution in [1.82, 2.24) is 0 Å². The molecule has 6 unspecified atom stereocenters. The van der Waals surface area contributed by atoms with Crippen LogP contribution in [0.5, 0.6) is 0 Å². The van der Waals surface area contributed by atoms with Crippen molar-refractivity contribution >= 4 is 0 Å². The number of aliphatic hydroxyl groups excluding tert-OH is 2. The third-order valence-electron chi connectivity index (χ3n) is 7.96. The molecule has 0 spiro atoms. The van der Waals surface area contributed by atoms with Crippen molar-refractivity contribution < 1.29 is 20.1 Å². The van der Waals surface area contributed by atoms with Gasteiger partial charge in [-0.2, -0.15) is 0 Å². The summed E-state index contributed by atoms with van der Waals surface area (Å²) in [7, 11) is 0. The first kappa shape index (κ1) is 23.7. The largest absolute Gasteiger partial charge is 0.393 e. The van der Waals surface area contributed by atoms with Crippen molar-refractivity contribution in [3.63, 3.8) is 0 Å². The van der Waals surface area contributed by atoms with Gasteiger partial charge < -0.3 is 20.1 Å². The van der Waals surface area contributed by atoms with Gasteiger partial charge in [0.15, 0.2) is 0 Å². The van der Waals surface area contributed by atoms with Gasteiger partial charge in [0.2, 0.25) is 0 Å². The van der Waals surface area contributed by atoms with Crippen LogP contribution in [0.15, 0.2) is 35.5 Å². The second-order valence-corrected chi connectivity index (χ2v) is 10.8. The smallest absolute Gasteiger partial charge is 0.0811 e. The molecule has 0 saturated heterocycles. The summed E-state index contributed by atoms with van der Waals surface area (Å²) < 4.78 is 6.19. The Bertz CT molecular complexity index is 686. The second kappa shape index (κ2) is 9.28. The van der Waals surface area contributed by atoms with Crippen LogP contribution in [0.2, 0.25) is 0 Å². The monoisotopic (exact) mass is 418 g/mol. The molecule has 0 aromatic rings. The molecule has 4 nitrogen and oxygen atoms in total. The molecule has 0 aromatic carbocycles. The van der Waals surface area contributed by atoms with E-state index < -0.39 is 17.8 Å². The Kier molecular flexibility index (Phi) is 7.33. The van der Waals surface area contributed by atoms with Crippen LogP contribution in [-0.4, -0.2) is 45.8 Å². The highest BCUT2D eigenvalue weighted by molar-refractivity contribution is 5.38. The molecule has 0 heterocycles. The summed E-state index contributed by atoms with van der Waals surface area (Å²) in [4.78, 5) is 0. The summed E-state index contributed by atoms with van der Waals surface area (Å²) in [6.07, 6.45) is 11.0.